The molecular weight excluding hydrogens is 254 g/mol. The zero-order valence-electron chi connectivity index (χ0n) is 7.53. The van der Waals surface area contributed by atoms with Crippen molar-refractivity contribution in [3.05, 3.63) is 15.0 Å². The van der Waals surface area contributed by atoms with Gasteiger partial charge in [-0.05, 0) is 15.9 Å². The molecule has 1 aromatic rings. The minimum Gasteiger partial charge on any atom is -0.386 e. The number of nitrogens with zero attached hydrogens (tertiary/aromatic N) is 1. The van der Waals surface area contributed by atoms with Gasteiger partial charge in [0.25, 0.3) is 0 Å². The predicted octanol–water partition coefficient (Wildman–Crippen LogP) is 2.22. The fourth-order valence-electron chi connectivity index (χ4n) is 1.00. The lowest BCUT2D eigenvalue weighted by Crippen LogP contribution is -2.14. The van der Waals surface area contributed by atoms with E-state index in [0.717, 1.165) is 9.61 Å². The number of aliphatic hydroxyl groups excluding tert-OH is 1. The Balaban J connectivity index is 2.61. The number of aromatic nitrogens is 1. The minimum atomic E-state index is -0.531. The molecule has 0 aliphatic carbocycles. The highest BCUT2D eigenvalue weighted by Crippen LogP contribution is 2.26. The highest BCUT2D eigenvalue weighted by atomic mass is 79.9. The fraction of sp³-hybridized carbons (Fsp3) is 0.625. The lowest BCUT2D eigenvalue weighted by molar-refractivity contribution is 0.0564. The molecule has 0 spiro atoms. The van der Waals surface area contributed by atoms with E-state index in [9.17, 15) is 5.11 Å². The van der Waals surface area contributed by atoms with E-state index in [1.165, 1.54) is 11.3 Å². The number of thiazole rings is 1. The maximum atomic E-state index is 9.78. The van der Waals surface area contributed by atoms with Gasteiger partial charge in [0.15, 0.2) is 0 Å². The minimum absolute atomic E-state index is 0.0723. The summed E-state index contributed by atoms with van der Waals surface area (Å²) in [6.45, 7) is 2.47. The van der Waals surface area contributed by atoms with E-state index in [4.69, 9.17) is 4.74 Å². The van der Waals surface area contributed by atoms with Gasteiger partial charge in [-0.15, -0.1) is 11.3 Å². The van der Waals surface area contributed by atoms with Crippen LogP contribution in [0.1, 0.15) is 18.0 Å². The molecule has 0 bridgehead atoms. The van der Waals surface area contributed by atoms with E-state index in [1.54, 1.807) is 7.11 Å². The molecule has 5 heteroatoms. The number of methoxy groups -OCH3 is 1. The highest BCUT2D eigenvalue weighted by Gasteiger charge is 2.19. The molecule has 74 valence electrons. The molecule has 2 unspecified atom stereocenters. The third kappa shape index (κ3) is 3.02. The van der Waals surface area contributed by atoms with Gasteiger partial charge in [-0.25, -0.2) is 4.98 Å². The first-order valence-electron chi connectivity index (χ1n) is 3.93. The molecule has 0 amide bonds. The van der Waals surface area contributed by atoms with Crippen LogP contribution in [0.15, 0.2) is 9.98 Å². The summed E-state index contributed by atoms with van der Waals surface area (Å²) in [4.78, 5) is 4.14. The Kier molecular flexibility index (Phi) is 4.31. The Labute approximate surface area is 89.9 Å². The van der Waals surface area contributed by atoms with Crippen LogP contribution in [-0.4, -0.2) is 23.8 Å². The van der Waals surface area contributed by atoms with Gasteiger partial charge in [0, 0.05) is 18.4 Å². The number of halogens is 1. The molecule has 2 atom stereocenters. The first kappa shape index (κ1) is 11.1. The Hall–Kier alpha value is 0.0300. The second-order valence-corrected chi connectivity index (χ2v) is 4.59. The van der Waals surface area contributed by atoms with Crippen molar-refractivity contribution >= 4 is 27.3 Å². The van der Waals surface area contributed by atoms with Crippen molar-refractivity contribution in [3.63, 3.8) is 0 Å². The molecule has 1 heterocycles. The van der Waals surface area contributed by atoms with Gasteiger partial charge in [0.2, 0.25) is 0 Å². The largest absolute Gasteiger partial charge is 0.386 e. The Morgan fingerprint density at radius 3 is 2.92 bits per heavy atom. The second-order valence-electron chi connectivity index (χ2n) is 2.89. The molecule has 3 nitrogen and oxygen atoms in total. The van der Waals surface area contributed by atoms with Gasteiger partial charge in [-0.2, -0.15) is 0 Å². The maximum Gasteiger partial charge on any atom is 0.123 e. The first-order chi connectivity index (χ1) is 6.15. The molecule has 0 saturated heterocycles. The van der Waals surface area contributed by atoms with Crippen LogP contribution in [0.5, 0.6) is 0 Å². The number of aliphatic hydroxyl groups is 1. The van der Waals surface area contributed by atoms with E-state index in [-0.39, 0.29) is 5.92 Å². The van der Waals surface area contributed by atoms with Gasteiger partial charge >= 0.3 is 0 Å². The van der Waals surface area contributed by atoms with Crippen LogP contribution in [0.3, 0.4) is 0 Å². The van der Waals surface area contributed by atoms with Crippen LogP contribution in [0.25, 0.3) is 0 Å². The Morgan fingerprint density at radius 2 is 2.46 bits per heavy atom. The quantitative estimate of drug-likeness (QED) is 0.908. The summed E-state index contributed by atoms with van der Waals surface area (Å²) in [6.07, 6.45) is -0.531. The van der Waals surface area contributed by atoms with Gasteiger partial charge in [-0.1, -0.05) is 6.92 Å². The first-order valence-corrected chi connectivity index (χ1v) is 5.60. The fourth-order valence-corrected chi connectivity index (χ4v) is 2.38. The third-order valence-electron chi connectivity index (χ3n) is 1.72. The number of rotatable bonds is 4. The Morgan fingerprint density at radius 1 is 1.77 bits per heavy atom. The topological polar surface area (TPSA) is 42.4 Å². The van der Waals surface area contributed by atoms with Gasteiger partial charge in [0.1, 0.15) is 15.7 Å². The zero-order chi connectivity index (χ0) is 9.84. The van der Waals surface area contributed by atoms with E-state index in [1.807, 2.05) is 12.3 Å². The smallest absolute Gasteiger partial charge is 0.123 e. The standard InChI is InChI=1S/C8H12BrNO2S/c1-5(3-12-2)7(11)8-10-6(9)4-13-8/h4-5,7,11H,3H2,1-2H3. The molecule has 0 fully saturated rings. The normalized spacial score (nSPS) is 15.7. The van der Waals surface area contributed by atoms with Crippen molar-refractivity contribution in [1.29, 1.82) is 0 Å². The van der Waals surface area contributed by atoms with Crippen molar-refractivity contribution in [2.75, 3.05) is 13.7 Å². The summed E-state index contributed by atoms with van der Waals surface area (Å²) in [5, 5.41) is 12.4. The lowest BCUT2D eigenvalue weighted by Gasteiger charge is -2.15. The van der Waals surface area contributed by atoms with Crippen LogP contribution >= 0.6 is 27.3 Å². The molecule has 1 N–H and O–H groups in total. The number of hydrogen-bond acceptors (Lipinski definition) is 4. The van der Waals surface area contributed by atoms with Gasteiger partial charge < -0.3 is 9.84 Å². The summed E-state index contributed by atoms with van der Waals surface area (Å²) in [6, 6.07) is 0. The summed E-state index contributed by atoms with van der Waals surface area (Å²) in [5.74, 6) is 0.0723. The van der Waals surface area contributed by atoms with Crippen LogP contribution in [-0.2, 0) is 4.74 Å². The Bertz CT molecular complexity index is 266. The van der Waals surface area contributed by atoms with Crippen LogP contribution in [0, 0.1) is 5.92 Å². The van der Waals surface area contributed by atoms with E-state index in [2.05, 4.69) is 20.9 Å². The zero-order valence-corrected chi connectivity index (χ0v) is 9.93. The summed E-state index contributed by atoms with van der Waals surface area (Å²) in [5.41, 5.74) is 0. The van der Waals surface area contributed by atoms with Crippen LogP contribution < -0.4 is 0 Å². The molecule has 13 heavy (non-hydrogen) atoms. The van der Waals surface area contributed by atoms with Gasteiger partial charge in [-0.3, -0.25) is 0 Å². The van der Waals surface area contributed by atoms with Gasteiger partial charge in [0.05, 0.1) is 6.61 Å². The lowest BCUT2D eigenvalue weighted by atomic mass is 10.1. The monoisotopic (exact) mass is 265 g/mol. The van der Waals surface area contributed by atoms with E-state index in [0.29, 0.717) is 6.61 Å². The molecule has 0 aromatic carbocycles. The van der Waals surface area contributed by atoms with E-state index >= 15 is 0 Å². The average molecular weight is 266 g/mol. The van der Waals surface area contributed by atoms with Crippen molar-refractivity contribution in [2.45, 2.75) is 13.0 Å². The molecule has 0 aliphatic rings. The van der Waals surface area contributed by atoms with Crippen molar-refractivity contribution < 1.29 is 9.84 Å². The van der Waals surface area contributed by atoms with Crippen LogP contribution in [0.4, 0.5) is 0 Å². The summed E-state index contributed by atoms with van der Waals surface area (Å²) in [7, 11) is 1.63. The predicted molar refractivity (Wildman–Crippen MR) is 55.8 cm³/mol. The number of hydrogen-bond donors (Lipinski definition) is 1. The molecule has 1 aromatic heterocycles. The van der Waals surface area contributed by atoms with Crippen molar-refractivity contribution in [2.24, 2.45) is 5.92 Å². The average Bonchev–Trinajstić information content (AvgIpc) is 2.51. The molecule has 0 saturated carbocycles. The molecule has 0 radical (unpaired) electrons. The highest BCUT2D eigenvalue weighted by molar-refractivity contribution is 9.10. The maximum absolute atomic E-state index is 9.78. The molecular formula is C8H12BrNO2S. The van der Waals surface area contributed by atoms with Crippen molar-refractivity contribution in [1.82, 2.24) is 4.98 Å². The van der Waals surface area contributed by atoms with Crippen LogP contribution in [0.2, 0.25) is 0 Å². The van der Waals surface area contributed by atoms with E-state index < -0.39 is 6.10 Å². The molecule has 0 aliphatic heterocycles. The summed E-state index contributed by atoms with van der Waals surface area (Å²) >= 11 is 4.69. The number of ether oxygens (including phenoxy) is 1. The second kappa shape index (κ2) is 5.05. The third-order valence-corrected chi connectivity index (χ3v) is 3.34. The molecule has 1 rings (SSSR count). The SMILES string of the molecule is COCC(C)C(O)c1nc(Br)cs1. The summed E-state index contributed by atoms with van der Waals surface area (Å²) < 4.78 is 5.73. The van der Waals surface area contributed by atoms with Crippen molar-refractivity contribution in [3.8, 4) is 0 Å².